The van der Waals surface area contributed by atoms with E-state index in [0.29, 0.717) is 18.9 Å². The van der Waals surface area contributed by atoms with Gasteiger partial charge in [0.2, 0.25) is 11.8 Å². The molecule has 3 fully saturated rings. The molecular weight excluding hydrogens is 518 g/mol. The van der Waals surface area contributed by atoms with E-state index in [0.717, 1.165) is 29.2 Å². The molecule has 6 nitrogen and oxygen atoms in total. The van der Waals surface area contributed by atoms with E-state index >= 15 is 0 Å². The number of alkyl halides is 6. The Bertz CT molecular complexity index is 1350. The van der Waals surface area contributed by atoms with Crippen molar-refractivity contribution in [3.63, 3.8) is 0 Å². The number of imide groups is 1. The number of halogens is 6. The summed E-state index contributed by atoms with van der Waals surface area (Å²) in [5.74, 6) is -3.08. The predicted octanol–water partition coefficient (Wildman–Crippen LogP) is 5.49. The second-order valence-electron chi connectivity index (χ2n) is 9.91. The normalized spacial score (nSPS) is 28.5. The van der Waals surface area contributed by atoms with Gasteiger partial charge >= 0.3 is 12.4 Å². The molecule has 3 aliphatic heterocycles. The SMILES string of the molecule is CC12CCC(CCOc3ccc(C(F)(F)F)cc3)(O1)[C@@H]1C(=O)N(c3ccc(C#N)c(C(F)(F)F)c3)C(=O)C12. The third-order valence-corrected chi connectivity index (χ3v) is 7.67. The molecule has 2 bridgehead atoms. The van der Waals surface area contributed by atoms with Crippen molar-refractivity contribution < 1.29 is 45.4 Å². The zero-order chi connectivity index (χ0) is 27.7. The number of anilines is 1. The molecule has 200 valence electrons. The van der Waals surface area contributed by atoms with Gasteiger partial charge in [0.15, 0.2) is 0 Å². The highest BCUT2D eigenvalue weighted by Crippen LogP contribution is 2.62. The molecule has 12 heteroatoms. The van der Waals surface area contributed by atoms with Crippen molar-refractivity contribution in [1.29, 1.82) is 5.26 Å². The summed E-state index contributed by atoms with van der Waals surface area (Å²) in [6.45, 7) is 1.66. The van der Waals surface area contributed by atoms with E-state index in [4.69, 9.17) is 14.7 Å². The quantitative estimate of drug-likeness (QED) is 0.372. The Morgan fingerprint density at radius 1 is 1.00 bits per heavy atom. The zero-order valence-corrected chi connectivity index (χ0v) is 19.8. The van der Waals surface area contributed by atoms with Crippen molar-refractivity contribution in [1.82, 2.24) is 0 Å². The van der Waals surface area contributed by atoms with Gasteiger partial charge < -0.3 is 9.47 Å². The van der Waals surface area contributed by atoms with Gasteiger partial charge in [-0.1, -0.05) is 0 Å². The van der Waals surface area contributed by atoms with Crippen molar-refractivity contribution in [2.45, 2.75) is 49.7 Å². The van der Waals surface area contributed by atoms with Crippen LogP contribution in [0.15, 0.2) is 42.5 Å². The molecule has 2 aromatic carbocycles. The fourth-order valence-electron chi connectivity index (χ4n) is 5.95. The summed E-state index contributed by atoms with van der Waals surface area (Å²) in [5, 5.41) is 9.06. The molecule has 0 aliphatic carbocycles. The van der Waals surface area contributed by atoms with Crippen LogP contribution in [0.4, 0.5) is 32.0 Å². The molecule has 0 radical (unpaired) electrons. The third kappa shape index (κ3) is 4.00. The summed E-state index contributed by atoms with van der Waals surface area (Å²) in [5.41, 5.74) is -5.12. The molecule has 0 N–H and O–H groups in total. The summed E-state index contributed by atoms with van der Waals surface area (Å²) in [7, 11) is 0. The van der Waals surface area contributed by atoms with Crippen LogP contribution in [-0.2, 0) is 26.7 Å². The van der Waals surface area contributed by atoms with Crippen molar-refractivity contribution >= 4 is 17.5 Å². The summed E-state index contributed by atoms with van der Waals surface area (Å²) in [6, 6.07) is 8.26. The number of nitrogens with zero attached hydrogens (tertiary/aromatic N) is 2. The van der Waals surface area contributed by atoms with Crippen LogP contribution in [0.2, 0.25) is 0 Å². The van der Waals surface area contributed by atoms with Crippen LogP contribution in [0.5, 0.6) is 5.75 Å². The third-order valence-electron chi connectivity index (χ3n) is 7.67. The second kappa shape index (κ2) is 8.46. The minimum Gasteiger partial charge on any atom is -0.493 e. The lowest BCUT2D eigenvalue weighted by Gasteiger charge is -2.31. The van der Waals surface area contributed by atoms with Gasteiger partial charge in [0.1, 0.15) is 5.75 Å². The molecule has 4 atom stereocenters. The number of nitriles is 1. The molecule has 2 aromatic rings. The topological polar surface area (TPSA) is 79.6 Å². The van der Waals surface area contributed by atoms with Gasteiger partial charge in [-0.2, -0.15) is 31.6 Å². The highest BCUT2D eigenvalue weighted by atomic mass is 19.4. The minimum atomic E-state index is -4.87. The number of hydrogen-bond acceptors (Lipinski definition) is 5. The number of amides is 2. The van der Waals surface area contributed by atoms with Crippen LogP contribution in [0.3, 0.4) is 0 Å². The molecule has 5 rings (SSSR count). The van der Waals surface area contributed by atoms with Gasteiger partial charge in [0.25, 0.3) is 0 Å². The number of ether oxygens (including phenoxy) is 2. The summed E-state index contributed by atoms with van der Waals surface area (Å²) in [6.07, 6.45) is -8.39. The molecular formula is C26H20F6N2O4. The first kappa shape index (κ1) is 26.0. The molecule has 0 spiro atoms. The lowest BCUT2D eigenvalue weighted by Crippen LogP contribution is -2.43. The first-order chi connectivity index (χ1) is 17.7. The molecule has 3 saturated heterocycles. The lowest BCUT2D eigenvalue weighted by molar-refractivity contribution is -0.138. The highest BCUT2D eigenvalue weighted by molar-refractivity contribution is 6.23. The van der Waals surface area contributed by atoms with Crippen molar-refractivity contribution in [2.75, 3.05) is 11.5 Å². The maximum atomic E-state index is 13.5. The van der Waals surface area contributed by atoms with Gasteiger partial charge in [-0.15, -0.1) is 0 Å². The van der Waals surface area contributed by atoms with Gasteiger partial charge in [0, 0.05) is 6.42 Å². The number of fused-ring (bicyclic) bond motifs is 5. The number of hydrogen-bond donors (Lipinski definition) is 0. The Kier molecular flexibility index (Phi) is 5.80. The van der Waals surface area contributed by atoms with Gasteiger partial charge in [0.05, 0.1) is 58.1 Å². The van der Waals surface area contributed by atoms with Crippen LogP contribution < -0.4 is 9.64 Å². The molecule has 0 aromatic heterocycles. The number of rotatable bonds is 5. The standard InChI is InChI=1S/C26H20F6N2O4/c1-23-8-9-24(38-23,10-11-37-17-6-3-15(4-7-17)25(27,28)29)20-19(23)21(35)34(22(20)36)16-5-2-14(13-33)18(12-16)26(30,31)32/h2-7,12,19-20H,8-11H2,1H3/t19?,20-,23?,24?/m0/s1. The van der Waals surface area contributed by atoms with Gasteiger partial charge in [-0.05, 0) is 62.2 Å². The first-order valence-electron chi connectivity index (χ1n) is 11.7. The van der Waals surface area contributed by atoms with Crippen LogP contribution in [0.1, 0.15) is 42.9 Å². The van der Waals surface area contributed by atoms with E-state index in [-0.39, 0.29) is 24.5 Å². The Morgan fingerprint density at radius 2 is 1.66 bits per heavy atom. The van der Waals surface area contributed by atoms with Crippen LogP contribution in [0.25, 0.3) is 0 Å². The first-order valence-corrected chi connectivity index (χ1v) is 11.7. The van der Waals surface area contributed by atoms with E-state index < -0.39 is 63.9 Å². The number of carbonyl (C=O) groups excluding carboxylic acids is 2. The van der Waals surface area contributed by atoms with E-state index in [1.165, 1.54) is 18.2 Å². The Hall–Kier alpha value is -3.59. The minimum absolute atomic E-state index is 0.0266. The average molecular weight is 538 g/mol. The summed E-state index contributed by atoms with van der Waals surface area (Å²) >= 11 is 0. The van der Waals surface area contributed by atoms with Crippen LogP contribution in [-0.4, -0.2) is 29.6 Å². The van der Waals surface area contributed by atoms with Crippen molar-refractivity contribution in [2.24, 2.45) is 11.8 Å². The molecule has 3 unspecified atom stereocenters. The zero-order valence-electron chi connectivity index (χ0n) is 19.8. The van der Waals surface area contributed by atoms with Crippen molar-refractivity contribution in [3.8, 4) is 11.8 Å². The molecule has 2 amide bonds. The lowest BCUT2D eigenvalue weighted by atomic mass is 9.67. The highest BCUT2D eigenvalue weighted by Gasteiger charge is 2.73. The maximum Gasteiger partial charge on any atom is 0.417 e. The second-order valence-corrected chi connectivity index (χ2v) is 9.91. The summed E-state index contributed by atoms with van der Waals surface area (Å²) < 4.78 is 90.7. The molecule has 0 saturated carbocycles. The average Bonchev–Trinajstić information content (AvgIpc) is 3.42. The van der Waals surface area contributed by atoms with Crippen LogP contribution in [0, 0.1) is 23.2 Å². The van der Waals surface area contributed by atoms with Gasteiger partial charge in [-0.25, -0.2) is 4.90 Å². The van der Waals surface area contributed by atoms with E-state index in [1.54, 1.807) is 6.92 Å². The van der Waals surface area contributed by atoms with Gasteiger partial charge in [-0.3, -0.25) is 9.59 Å². The maximum absolute atomic E-state index is 13.5. The molecule has 3 aliphatic rings. The van der Waals surface area contributed by atoms with Crippen LogP contribution >= 0.6 is 0 Å². The molecule has 38 heavy (non-hydrogen) atoms. The Balaban J connectivity index is 1.39. The molecule has 3 heterocycles. The fraction of sp³-hybridized carbons (Fsp3) is 0.423. The number of benzene rings is 2. The number of carbonyl (C=O) groups is 2. The monoisotopic (exact) mass is 538 g/mol. The summed E-state index contributed by atoms with van der Waals surface area (Å²) in [4.78, 5) is 27.7. The van der Waals surface area contributed by atoms with E-state index in [9.17, 15) is 35.9 Å². The van der Waals surface area contributed by atoms with E-state index in [1.807, 2.05) is 0 Å². The van der Waals surface area contributed by atoms with Crippen molar-refractivity contribution in [3.05, 3.63) is 59.2 Å². The predicted molar refractivity (Wildman–Crippen MR) is 119 cm³/mol. The largest absolute Gasteiger partial charge is 0.493 e. The smallest absolute Gasteiger partial charge is 0.417 e. The van der Waals surface area contributed by atoms with E-state index in [2.05, 4.69) is 0 Å². The fourth-order valence-corrected chi connectivity index (χ4v) is 5.95. The Labute approximate surface area is 212 Å². The Morgan fingerprint density at radius 3 is 2.26 bits per heavy atom.